The average Bonchev–Trinajstić information content (AvgIpc) is 2.53. The molecule has 1 atom stereocenters. The number of nitrogens with zero attached hydrogens (tertiary/aromatic N) is 2. The summed E-state index contributed by atoms with van der Waals surface area (Å²) in [5, 5.41) is 0.933. The summed E-state index contributed by atoms with van der Waals surface area (Å²) in [6.45, 7) is 4.18. The summed E-state index contributed by atoms with van der Waals surface area (Å²) in [6, 6.07) is 9.73. The lowest BCUT2D eigenvalue weighted by atomic mass is 9.97. The van der Waals surface area contributed by atoms with Crippen molar-refractivity contribution in [1.29, 1.82) is 0 Å². The van der Waals surface area contributed by atoms with Gasteiger partial charge in [-0.1, -0.05) is 18.2 Å². The van der Waals surface area contributed by atoms with Crippen molar-refractivity contribution >= 4 is 41.6 Å². The Bertz CT molecular complexity index is 678. The molecule has 0 aliphatic carbocycles. The van der Waals surface area contributed by atoms with Crippen LogP contribution in [0.15, 0.2) is 30.3 Å². The number of rotatable bonds is 2. The predicted molar refractivity (Wildman–Crippen MR) is 98.7 cm³/mol. The van der Waals surface area contributed by atoms with E-state index in [0.717, 1.165) is 48.1 Å². The van der Waals surface area contributed by atoms with E-state index in [4.69, 9.17) is 5.73 Å². The fourth-order valence-electron chi connectivity index (χ4n) is 3.10. The van der Waals surface area contributed by atoms with Gasteiger partial charge < -0.3 is 10.6 Å². The Hall–Kier alpha value is -1.36. The molecule has 1 amide bonds. The van der Waals surface area contributed by atoms with Gasteiger partial charge in [0.2, 0.25) is 0 Å². The lowest BCUT2D eigenvalue weighted by molar-refractivity contribution is 0.0680. The fraction of sp³-hybridized carbons (Fsp3) is 0.412. The molecule has 4 nitrogen and oxygen atoms in total. The summed E-state index contributed by atoms with van der Waals surface area (Å²) in [4.78, 5) is 19.3. The Kier molecular flexibility index (Phi) is 7.26. The van der Waals surface area contributed by atoms with Crippen LogP contribution in [-0.2, 0) is 0 Å². The van der Waals surface area contributed by atoms with Crippen LogP contribution in [0, 0.1) is 12.8 Å². The van der Waals surface area contributed by atoms with E-state index >= 15 is 0 Å². The lowest BCUT2D eigenvalue weighted by Gasteiger charge is -2.32. The van der Waals surface area contributed by atoms with Gasteiger partial charge in [-0.15, -0.1) is 24.8 Å². The first-order valence-corrected chi connectivity index (χ1v) is 7.55. The molecule has 1 aromatic heterocycles. The summed E-state index contributed by atoms with van der Waals surface area (Å²) in [5.74, 6) is 0.534. The van der Waals surface area contributed by atoms with Crippen LogP contribution >= 0.6 is 24.8 Å². The largest absolute Gasteiger partial charge is 0.338 e. The van der Waals surface area contributed by atoms with Gasteiger partial charge in [-0.3, -0.25) is 9.78 Å². The predicted octanol–water partition coefficient (Wildman–Crippen LogP) is 3.20. The van der Waals surface area contributed by atoms with E-state index in [1.54, 1.807) is 0 Å². The number of aromatic nitrogens is 1. The molecule has 1 aromatic carbocycles. The Morgan fingerprint density at radius 1 is 1.35 bits per heavy atom. The van der Waals surface area contributed by atoms with Crippen LogP contribution in [0.25, 0.3) is 10.9 Å². The molecule has 23 heavy (non-hydrogen) atoms. The van der Waals surface area contributed by atoms with E-state index < -0.39 is 0 Å². The minimum atomic E-state index is 0. The molecule has 2 aromatic rings. The number of hydrogen-bond acceptors (Lipinski definition) is 3. The molecule has 0 bridgehead atoms. The maximum atomic E-state index is 12.9. The van der Waals surface area contributed by atoms with E-state index in [2.05, 4.69) is 4.98 Å². The lowest BCUT2D eigenvalue weighted by Crippen LogP contribution is -2.42. The van der Waals surface area contributed by atoms with Gasteiger partial charge in [0, 0.05) is 24.2 Å². The van der Waals surface area contributed by atoms with Gasteiger partial charge >= 0.3 is 0 Å². The van der Waals surface area contributed by atoms with Crippen LogP contribution in [0.4, 0.5) is 0 Å². The second kappa shape index (κ2) is 8.48. The van der Waals surface area contributed by atoms with Crippen molar-refractivity contribution in [2.75, 3.05) is 19.6 Å². The highest BCUT2D eigenvalue weighted by molar-refractivity contribution is 6.06. The Morgan fingerprint density at radius 2 is 2.09 bits per heavy atom. The zero-order valence-electron chi connectivity index (χ0n) is 13.2. The highest BCUT2D eigenvalue weighted by Crippen LogP contribution is 2.23. The quantitative estimate of drug-likeness (QED) is 0.899. The molecule has 2 N–H and O–H groups in total. The molecule has 3 rings (SSSR count). The Morgan fingerprint density at radius 3 is 2.83 bits per heavy atom. The average molecular weight is 356 g/mol. The van der Waals surface area contributed by atoms with Gasteiger partial charge in [-0.25, -0.2) is 0 Å². The standard InChI is InChI=1S/C17H21N3O.2ClH/c1-12-9-15(14-6-2-3-7-16(14)19-12)17(21)20-8-4-5-13(10-18)11-20;;/h2-3,6-7,9,13H,4-5,8,10-11,18H2,1H3;2*1H. The number of carbonyl (C=O) groups is 1. The summed E-state index contributed by atoms with van der Waals surface area (Å²) in [5.41, 5.74) is 8.29. The molecule has 1 aliphatic rings. The van der Waals surface area contributed by atoms with E-state index in [1.165, 1.54) is 0 Å². The van der Waals surface area contributed by atoms with E-state index in [-0.39, 0.29) is 30.7 Å². The summed E-state index contributed by atoms with van der Waals surface area (Å²) in [6.07, 6.45) is 2.16. The number of nitrogens with two attached hydrogens (primary N) is 1. The van der Waals surface area contributed by atoms with E-state index in [1.807, 2.05) is 42.2 Å². The molecule has 1 unspecified atom stereocenters. The highest BCUT2D eigenvalue weighted by atomic mass is 35.5. The van der Waals surface area contributed by atoms with Crippen molar-refractivity contribution in [3.63, 3.8) is 0 Å². The number of hydrogen-bond donors (Lipinski definition) is 1. The van der Waals surface area contributed by atoms with Gasteiger partial charge in [-0.05, 0) is 44.4 Å². The van der Waals surface area contributed by atoms with E-state index in [9.17, 15) is 4.79 Å². The van der Waals surface area contributed by atoms with Crippen LogP contribution in [0.2, 0.25) is 0 Å². The molecule has 1 saturated heterocycles. The maximum absolute atomic E-state index is 12.9. The number of fused-ring (bicyclic) bond motifs is 1. The molecule has 2 heterocycles. The summed E-state index contributed by atoms with van der Waals surface area (Å²) >= 11 is 0. The molecular weight excluding hydrogens is 333 g/mol. The second-order valence-electron chi connectivity index (χ2n) is 5.82. The van der Waals surface area contributed by atoms with Crippen molar-refractivity contribution in [1.82, 2.24) is 9.88 Å². The van der Waals surface area contributed by atoms with Crippen LogP contribution in [0.3, 0.4) is 0 Å². The molecule has 0 saturated carbocycles. The number of carbonyl (C=O) groups excluding carboxylic acids is 1. The number of pyridine rings is 1. The topological polar surface area (TPSA) is 59.2 Å². The summed E-state index contributed by atoms with van der Waals surface area (Å²) < 4.78 is 0. The fourth-order valence-corrected chi connectivity index (χ4v) is 3.10. The molecular formula is C17H23Cl2N3O. The number of amides is 1. The van der Waals surface area contributed by atoms with Crippen LogP contribution in [0.1, 0.15) is 28.9 Å². The molecule has 6 heteroatoms. The van der Waals surface area contributed by atoms with Crippen molar-refractivity contribution in [2.45, 2.75) is 19.8 Å². The number of likely N-dealkylation sites (tertiary alicyclic amines) is 1. The number of aryl methyl sites for hydroxylation is 1. The normalized spacial score (nSPS) is 17.3. The minimum Gasteiger partial charge on any atom is -0.338 e. The van der Waals surface area contributed by atoms with Gasteiger partial charge in [0.1, 0.15) is 0 Å². The first-order chi connectivity index (χ1) is 10.2. The smallest absolute Gasteiger partial charge is 0.254 e. The second-order valence-corrected chi connectivity index (χ2v) is 5.82. The van der Waals surface area contributed by atoms with Gasteiger partial charge in [0.05, 0.1) is 11.1 Å². The molecule has 1 fully saturated rings. The number of piperidine rings is 1. The minimum absolute atomic E-state index is 0. The van der Waals surface area contributed by atoms with Crippen molar-refractivity contribution in [2.24, 2.45) is 11.7 Å². The zero-order valence-corrected chi connectivity index (χ0v) is 14.8. The maximum Gasteiger partial charge on any atom is 0.254 e. The van der Waals surface area contributed by atoms with Gasteiger partial charge in [0.15, 0.2) is 0 Å². The summed E-state index contributed by atoms with van der Waals surface area (Å²) in [7, 11) is 0. The molecule has 1 aliphatic heterocycles. The zero-order chi connectivity index (χ0) is 14.8. The van der Waals surface area contributed by atoms with Gasteiger partial charge in [-0.2, -0.15) is 0 Å². The monoisotopic (exact) mass is 355 g/mol. The molecule has 0 spiro atoms. The first kappa shape index (κ1) is 19.7. The Balaban J connectivity index is 0.00000132. The third-order valence-corrected chi connectivity index (χ3v) is 4.21. The van der Waals surface area contributed by atoms with E-state index in [0.29, 0.717) is 12.5 Å². The highest BCUT2D eigenvalue weighted by Gasteiger charge is 2.25. The first-order valence-electron chi connectivity index (χ1n) is 7.55. The number of benzene rings is 1. The third-order valence-electron chi connectivity index (χ3n) is 4.21. The van der Waals surface area contributed by atoms with Gasteiger partial charge in [0.25, 0.3) is 5.91 Å². The third kappa shape index (κ3) is 4.14. The molecule has 0 radical (unpaired) electrons. The molecule has 126 valence electrons. The van der Waals surface area contributed by atoms with Crippen LogP contribution in [0.5, 0.6) is 0 Å². The number of para-hydroxylation sites is 1. The van der Waals surface area contributed by atoms with Crippen molar-refractivity contribution < 1.29 is 4.79 Å². The van der Waals surface area contributed by atoms with Crippen molar-refractivity contribution in [3.05, 3.63) is 41.6 Å². The Labute approximate surface area is 149 Å². The number of halogens is 2. The van der Waals surface area contributed by atoms with Crippen LogP contribution in [-0.4, -0.2) is 35.4 Å². The van der Waals surface area contributed by atoms with Crippen molar-refractivity contribution in [3.8, 4) is 0 Å². The van der Waals surface area contributed by atoms with Crippen LogP contribution < -0.4 is 5.73 Å². The SMILES string of the molecule is Cc1cc(C(=O)N2CCCC(CN)C2)c2ccccc2n1.Cl.Cl.